The molecule has 1 rings (SSSR count). The third-order valence-corrected chi connectivity index (χ3v) is 12.6. The normalized spacial score (nSPS) is 22.7. The Morgan fingerprint density at radius 2 is 1.01 bits per heavy atom. The van der Waals surface area contributed by atoms with Crippen molar-refractivity contribution >= 4 is 27.6 Å². The molecule has 0 aliphatic heterocycles. The van der Waals surface area contributed by atoms with Gasteiger partial charge in [-0.2, -0.15) is 0 Å². The molecule has 10 atom stereocenters. The Balaban J connectivity index is 2.69. The number of ether oxygens (including phenoxy) is 2. The minimum absolute atomic E-state index is 0.0273. The van der Waals surface area contributed by atoms with Crippen LogP contribution in [0.5, 0.6) is 0 Å². The van der Waals surface area contributed by atoms with Gasteiger partial charge in [0.2, 0.25) is 0 Å². The fourth-order valence-electron chi connectivity index (χ4n) is 7.12. The maximum atomic E-state index is 13.0. The van der Waals surface area contributed by atoms with Crippen molar-refractivity contribution in [2.24, 2.45) is 0 Å². The van der Waals surface area contributed by atoms with E-state index < -0.39 is 95.7 Å². The first kappa shape index (κ1) is 62.9. The lowest BCUT2D eigenvalue weighted by atomic mass is 9.85. The monoisotopic (exact) mass is 999 g/mol. The van der Waals surface area contributed by atoms with Crippen molar-refractivity contribution in [3.63, 3.8) is 0 Å². The van der Waals surface area contributed by atoms with Crippen molar-refractivity contribution < 1.29 is 87.1 Å². The molecule has 0 radical (unpaired) electrons. The van der Waals surface area contributed by atoms with Crippen LogP contribution in [-0.4, -0.2) is 125 Å². The zero-order chi connectivity index (χ0) is 49.9. The topological polar surface area (TPSA) is 296 Å². The summed E-state index contributed by atoms with van der Waals surface area (Å²) in [4.78, 5) is 54.3. The van der Waals surface area contributed by atoms with Gasteiger partial charge in [0.15, 0.2) is 6.10 Å². The second-order valence-electron chi connectivity index (χ2n) is 17.1. The number of phosphoric acid groups is 2. The number of allylic oxidation sites excluding steroid dienone is 7. The zero-order valence-electron chi connectivity index (χ0n) is 39.8. The Labute approximate surface area is 398 Å². The first-order valence-corrected chi connectivity index (χ1v) is 27.4. The molecule has 0 amide bonds. The van der Waals surface area contributed by atoms with Crippen LogP contribution in [0.4, 0.5) is 0 Å². The van der Waals surface area contributed by atoms with Crippen LogP contribution in [0.25, 0.3) is 0 Å². The van der Waals surface area contributed by atoms with Crippen molar-refractivity contribution in [1.82, 2.24) is 0 Å². The van der Waals surface area contributed by atoms with Gasteiger partial charge in [-0.05, 0) is 77.0 Å². The smallest absolute Gasteiger partial charge is 0.462 e. The Morgan fingerprint density at radius 3 is 1.61 bits per heavy atom. The van der Waals surface area contributed by atoms with Gasteiger partial charge in [-0.25, -0.2) is 9.13 Å². The van der Waals surface area contributed by atoms with E-state index >= 15 is 0 Å². The van der Waals surface area contributed by atoms with Crippen LogP contribution in [0.1, 0.15) is 168 Å². The standard InChI is InChI=1S/C47H84O18P2/c1-3-5-7-9-11-13-15-17-18-19-21-23-25-27-29-33-41(51)63-37(36-62-67(59,60)65-47-44(54)42(52)43(53)46(45(47)55)64-66(56,57)58)35-61-40(50)34-30-32-39(49)38(48)31-28-26-24-22-20-16-14-12-10-8-6-4-2/h12,14,17-18,20,22,26,28,37-39,42-49,52-55H,3-11,13,15-16,19,21,23-25,27,29-36H2,1-2H3,(H,59,60)(H2,56,57,58)/b14-12-,18-17-,22-20-,28-26-/t37-,38?,39?,42?,43?,44?,45?,46-,47+/m1/s1. The van der Waals surface area contributed by atoms with Crippen molar-refractivity contribution in [3.8, 4) is 0 Å². The largest absolute Gasteiger partial charge is 0.472 e. The van der Waals surface area contributed by atoms with Gasteiger partial charge in [-0.1, -0.05) is 127 Å². The molecular weight excluding hydrogens is 914 g/mol. The summed E-state index contributed by atoms with van der Waals surface area (Å²) in [5.41, 5.74) is 0. The number of aliphatic hydroxyl groups excluding tert-OH is 6. The van der Waals surface area contributed by atoms with Crippen molar-refractivity contribution in [1.29, 1.82) is 0 Å². The summed E-state index contributed by atoms with van der Waals surface area (Å²) in [6.07, 6.45) is 19.3. The molecule has 0 aromatic heterocycles. The molecule has 18 nitrogen and oxygen atoms in total. The molecule has 0 aromatic rings. The molecule has 1 fully saturated rings. The molecule has 390 valence electrons. The van der Waals surface area contributed by atoms with E-state index in [2.05, 4.69) is 48.8 Å². The first-order chi connectivity index (χ1) is 31.9. The van der Waals surface area contributed by atoms with Crippen molar-refractivity contribution in [2.75, 3.05) is 13.2 Å². The number of rotatable bonds is 40. The van der Waals surface area contributed by atoms with Crippen LogP contribution >= 0.6 is 15.6 Å². The van der Waals surface area contributed by atoms with Gasteiger partial charge < -0.3 is 54.8 Å². The van der Waals surface area contributed by atoms with Crippen LogP contribution in [0.15, 0.2) is 48.6 Å². The highest BCUT2D eigenvalue weighted by atomic mass is 31.2. The minimum atomic E-state index is -5.40. The molecule has 0 saturated heterocycles. The van der Waals surface area contributed by atoms with Gasteiger partial charge in [-0.15, -0.1) is 0 Å². The molecule has 20 heteroatoms. The van der Waals surface area contributed by atoms with Gasteiger partial charge in [-0.3, -0.25) is 23.2 Å². The molecule has 0 heterocycles. The summed E-state index contributed by atoms with van der Waals surface area (Å²) in [6.45, 7) is 2.82. The highest BCUT2D eigenvalue weighted by Gasteiger charge is 2.54. The number of carbonyl (C=O) groups excluding carboxylic acids is 2. The van der Waals surface area contributed by atoms with E-state index in [0.29, 0.717) is 12.8 Å². The third kappa shape index (κ3) is 31.7. The number of esters is 2. The minimum Gasteiger partial charge on any atom is -0.462 e. The van der Waals surface area contributed by atoms with E-state index in [-0.39, 0.29) is 32.1 Å². The van der Waals surface area contributed by atoms with Crippen molar-refractivity contribution in [2.45, 2.75) is 223 Å². The van der Waals surface area contributed by atoms with E-state index in [1.807, 2.05) is 12.2 Å². The fraction of sp³-hybridized carbons (Fsp3) is 0.787. The number of hydrogen-bond acceptors (Lipinski definition) is 15. The summed E-state index contributed by atoms with van der Waals surface area (Å²) < 4.78 is 49.2. The second kappa shape index (κ2) is 37.7. The molecule has 67 heavy (non-hydrogen) atoms. The fourth-order valence-corrected chi connectivity index (χ4v) is 8.66. The van der Waals surface area contributed by atoms with Gasteiger partial charge in [0.1, 0.15) is 43.2 Å². The van der Waals surface area contributed by atoms with Gasteiger partial charge in [0.25, 0.3) is 0 Å². The number of aliphatic hydroxyl groups is 6. The average Bonchev–Trinajstić information content (AvgIpc) is 3.28. The predicted octanol–water partition coefficient (Wildman–Crippen LogP) is 7.23. The summed E-state index contributed by atoms with van der Waals surface area (Å²) in [7, 11) is -10.8. The SMILES string of the molecule is CCCCC/C=C\C/C=C\C/C=C\CC(O)C(O)CCCC(=O)OC[C@H](COP(=O)(O)O[C@H]1C(O)C(O)C(O)[C@@H](OP(=O)(O)O)C1O)OC(=O)CCCCCCC/C=C\CCCCCCCC. The molecule has 1 saturated carbocycles. The summed E-state index contributed by atoms with van der Waals surface area (Å²) in [6, 6.07) is 0. The van der Waals surface area contributed by atoms with E-state index in [1.165, 1.54) is 57.8 Å². The summed E-state index contributed by atoms with van der Waals surface area (Å²) >= 11 is 0. The first-order valence-electron chi connectivity index (χ1n) is 24.3. The Kier molecular flexibility index (Phi) is 35.4. The molecule has 0 bridgehead atoms. The van der Waals surface area contributed by atoms with E-state index in [9.17, 15) is 64.0 Å². The maximum Gasteiger partial charge on any atom is 0.472 e. The van der Waals surface area contributed by atoms with E-state index in [4.69, 9.17) is 18.5 Å². The highest BCUT2D eigenvalue weighted by Crippen LogP contribution is 2.49. The zero-order valence-corrected chi connectivity index (χ0v) is 41.6. The lowest BCUT2D eigenvalue weighted by Crippen LogP contribution is -2.64. The Morgan fingerprint density at radius 1 is 0.537 bits per heavy atom. The summed E-state index contributed by atoms with van der Waals surface area (Å²) in [5.74, 6) is -1.50. The van der Waals surface area contributed by atoms with Gasteiger partial charge in [0, 0.05) is 12.8 Å². The molecular formula is C47H84O18P2. The van der Waals surface area contributed by atoms with Crippen LogP contribution in [0.3, 0.4) is 0 Å². The number of unbranched alkanes of at least 4 members (excludes halogenated alkanes) is 14. The van der Waals surface area contributed by atoms with Crippen LogP contribution in [0.2, 0.25) is 0 Å². The second-order valence-corrected chi connectivity index (χ2v) is 19.7. The van der Waals surface area contributed by atoms with E-state index in [1.54, 1.807) is 6.08 Å². The summed E-state index contributed by atoms with van der Waals surface area (Å²) in [5, 5.41) is 62.0. The molecule has 1 aliphatic carbocycles. The number of hydrogen-bond donors (Lipinski definition) is 9. The quantitative estimate of drug-likeness (QED) is 0.0127. The van der Waals surface area contributed by atoms with Gasteiger partial charge in [0.05, 0.1) is 18.8 Å². The van der Waals surface area contributed by atoms with Crippen LogP contribution in [-0.2, 0) is 41.8 Å². The molecule has 7 unspecified atom stereocenters. The molecule has 1 aliphatic rings. The Hall–Kier alpha value is -2.12. The number of phosphoric ester groups is 2. The van der Waals surface area contributed by atoms with Crippen molar-refractivity contribution in [3.05, 3.63) is 48.6 Å². The molecule has 0 aromatic carbocycles. The molecule has 0 spiro atoms. The Bertz CT molecular complexity index is 1520. The average molecular weight is 999 g/mol. The lowest BCUT2D eigenvalue weighted by molar-refractivity contribution is -0.216. The number of carbonyl (C=O) groups is 2. The van der Waals surface area contributed by atoms with Gasteiger partial charge >= 0.3 is 27.6 Å². The molecule has 9 N–H and O–H groups in total. The lowest BCUT2D eigenvalue weighted by Gasteiger charge is -2.43. The highest BCUT2D eigenvalue weighted by molar-refractivity contribution is 7.47. The van der Waals surface area contributed by atoms with Crippen LogP contribution < -0.4 is 0 Å². The predicted molar refractivity (Wildman–Crippen MR) is 253 cm³/mol. The third-order valence-electron chi connectivity index (χ3n) is 11.1. The maximum absolute atomic E-state index is 13.0. The van der Waals surface area contributed by atoms with E-state index in [0.717, 1.165) is 51.4 Å². The van der Waals surface area contributed by atoms with Crippen LogP contribution in [0, 0.1) is 0 Å².